The van der Waals surface area contributed by atoms with Crippen LogP contribution in [0.4, 0.5) is 4.79 Å². The summed E-state index contributed by atoms with van der Waals surface area (Å²) < 4.78 is 28.4. The number of carbonyl (C=O) groups is 3. The molecule has 2 saturated heterocycles. The molecule has 2 aliphatic heterocycles. The number of nitrogens with one attached hydrogen (secondary N) is 2. The summed E-state index contributed by atoms with van der Waals surface area (Å²) in [4.78, 5) is 45.5. The highest BCUT2D eigenvalue weighted by Gasteiger charge is 2.36. The van der Waals surface area contributed by atoms with E-state index in [1.54, 1.807) is 7.11 Å². The average molecular weight is 789 g/mol. The summed E-state index contributed by atoms with van der Waals surface area (Å²) in [6.07, 6.45) is 7.13. The summed E-state index contributed by atoms with van der Waals surface area (Å²) in [6.45, 7) is 11.3. The molecule has 3 amide bonds. The molecule has 3 aliphatic rings. The Morgan fingerprint density at radius 3 is 2.30 bits per heavy atom. The number of hydrogen-bond acceptors (Lipinski definition) is 10. The molecule has 4 rings (SSSR count). The molecule has 13 heteroatoms. The third-order valence-electron chi connectivity index (χ3n) is 11.6. The molecule has 56 heavy (non-hydrogen) atoms. The predicted molar refractivity (Wildman–Crippen MR) is 215 cm³/mol. The number of nitrogens with zero attached hydrogens (tertiary/aromatic N) is 2. The summed E-state index contributed by atoms with van der Waals surface area (Å²) >= 11 is 0. The van der Waals surface area contributed by atoms with E-state index >= 15 is 0 Å². The lowest BCUT2D eigenvalue weighted by Gasteiger charge is -2.36. The lowest BCUT2D eigenvalue weighted by atomic mass is 9.82. The minimum absolute atomic E-state index is 0.0180. The van der Waals surface area contributed by atoms with Crippen LogP contribution in [-0.4, -0.2) is 136 Å². The Morgan fingerprint density at radius 1 is 0.929 bits per heavy atom. The van der Waals surface area contributed by atoms with Crippen LogP contribution >= 0.6 is 0 Å². The van der Waals surface area contributed by atoms with Crippen LogP contribution in [0.5, 0.6) is 0 Å². The minimum atomic E-state index is -0.919. The molecule has 1 saturated carbocycles. The van der Waals surface area contributed by atoms with Gasteiger partial charge in [-0.05, 0) is 49.5 Å². The molecular formula is C43H72N4O9. The summed E-state index contributed by atoms with van der Waals surface area (Å²) in [5.74, 6) is -0.0516. The lowest BCUT2D eigenvalue weighted by molar-refractivity contribution is -0.157. The van der Waals surface area contributed by atoms with Crippen LogP contribution in [0, 0.1) is 11.8 Å². The fourth-order valence-corrected chi connectivity index (χ4v) is 8.06. The van der Waals surface area contributed by atoms with Gasteiger partial charge in [-0.25, -0.2) is 4.79 Å². The van der Waals surface area contributed by atoms with E-state index < -0.39 is 30.4 Å². The molecule has 0 radical (unpaired) electrons. The number of alkyl carbamates (subject to hydrolysis) is 1. The molecule has 0 spiro atoms. The van der Waals surface area contributed by atoms with Gasteiger partial charge in [0.2, 0.25) is 5.91 Å². The number of aliphatic hydroxyl groups is 1. The Kier molecular flexibility index (Phi) is 20.9. The van der Waals surface area contributed by atoms with Crippen molar-refractivity contribution < 1.29 is 43.2 Å². The van der Waals surface area contributed by atoms with Gasteiger partial charge >= 0.3 is 6.09 Å². The summed E-state index contributed by atoms with van der Waals surface area (Å²) in [5.41, 5.74) is 0.955. The van der Waals surface area contributed by atoms with E-state index in [9.17, 15) is 19.5 Å². The fourth-order valence-electron chi connectivity index (χ4n) is 8.06. The normalized spacial score (nSPS) is 20.2. The van der Waals surface area contributed by atoms with Crippen molar-refractivity contribution in [2.45, 2.75) is 141 Å². The summed E-state index contributed by atoms with van der Waals surface area (Å²) in [5, 5.41) is 18.1. The number of aliphatic hydroxyl groups excluding tert-OH is 1. The second-order valence-corrected chi connectivity index (χ2v) is 16.3. The van der Waals surface area contributed by atoms with Gasteiger partial charge in [-0.3, -0.25) is 14.5 Å². The number of methoxy groups -OCH3 is 1. The molecule has 318 valence electrons. The van der Waals surface area contributed by atoms with Gasteiger partial charge in [-0.1, -0.05) is 96.0 Å². The van der Waals surface area contributed by atoms with E-state index in [2.05, 4.69) is 22.5 Å². The number of benzene rings is 1. The van der Waals surface area contributed by atoms with Crippen LogP contribution in [0.2, 0.25) is 0 Å². The Labute approximate surface area is 335 Å². The first-order chi connectivity index (χ1) is 27.2. The standard InChI is InChI=1S/C43H72N4O9/c1-5-6-17-39(56-40(29-34-15-11-8-12-16-34)42(50)47-20-18-35(19-21-47)55-31-52-4)41(49)44-37(28-33-13-9-7-10-14-33)38(48)30-36(32(2)3)45-43(51)54-27-24-46-22-25-53-26-23-46/h8,11-12,15-16,32-33,35-40,48H,5-7,9-10,13-14,17-31H2,1-4H3,(H,44,49)(H,45,51)/t36-,37-,38-,39-,40-/m0/s1. The van der Waals surface area contributed by atoms with Crippen molar-refractivity contribution in [1.82, 2.24) is 20.4 Å². The van der Waals surface area contributed by atoms with Crippen LogP contribution < -0.4 is 10.6 Å². The van der Waals surface area contributed by atoms with Crippen molar-refractivity contribution in [2.24, 2.45) is 11.8 Å². The van der Waals surface area contributed by atoms with Gasteiger partial charge in [0.1, 0.15) is 25.6 Å². The van der Waals surface area contributed by atoms with Gasteiger partial charge in [0.25, 0.3) is 5.91 Å². The third kappa shape index (κ3) is 16.2. The monoisotopic (exact) mass is 789 g/mol. The Balaban J connectivity index is 1.45. The number of likely N-dealkylation sites (tertiary alicyclic amines) is 1. The first-order valence-corrected chi connectivity index (χ1v) is 21.5. The molecule has 3 N–H and O–H groups in total. The topological polar surface area (TPSA) is 148 Å². The van der Waals surface area contributed by atoms with E-state index in [0.717, 1.165) is 57.2 Å². The van der Waals surface area contributed by atoms with E-state index in [0.29, 0.717) is 70.9 Å². The van der Waals surface area contributed by atoms with E-state index in [4.69, 9.17) is 23.7 Å². The van der Waals surface area contributed by atoms with E-state index in [-0.39, 0.29) is 49.7 Å². The molecule has 0 bridgehead atoms. The SMILES string of the molecule is CCCC[C@H](O[C@@H](Cc1ccccc1)C(=O)N1CCC(OCOC)CC1)C(=O)N[C@@H](CC1CCCCC1)[C@@H](O)C[C@H](NC(=O)OCCN1CCOCC1)C(C)C. The zero-order chi connectivity index (χ0) is 40.1. The second-order valence-electron chi connectivity index (χ2n) is 16.3. The molecule has 1 aromatic carbocycles. The Hall–Kier alpha value is -2.81. The zero-order valence-electron chi connectivity index (χ0n) is 34.7. The van der Waals surface area contributed by atoms with Crippen LogP contribution in [0.3, 0.4) is 0 Å². The number of rotatable bonds is 23. The zero-order valence-corrected chi connectivity index (χ0v) is 34.7. The van der Waals surface area contributed by atoms with Gasteiger partial charge in [0.05, 0.1) is 31.5 Å². The number of amides is 3. The Morgan fingerprint density at radius 2 is 1.64 bits per heavy atom. The highest BCUT2D eigenvalue weighted by atomic mass is 16.7. The molecule has 2 heterocycles. The maximum absolute atomic E-state index is 14.4. The minimum Gasteiger partial charge on any atom is -0.448 e. The number of unbranched alkanes of at least 4 members (excludes halogenated alkanes) is 1. The molecule has 0 unspecified atom stereocenters. The number of hydrogen-bond donors (Lipinski definition) is 3. The average Bonchev–Trinajstić information content (AvgIpc) is 3.21. The van der Waals surface area contributed by atoms with Crippen molar-refractivity contribution in [2.75, 3.05) is 66.4 Å². The molecule has 3 fully saturated rings. The number of morpholine rings is 1. The molecule has 1 aliphatic carbocycles. The molecule has 5 atom stereocenters. The van der Waals surface area contributed by atoms with Crippen LogP contribution in [-0.2, 0) is 39.7 Å². The number of carbonyl (C=O) groups excluding carboxylic acids is 3. The maximum atomic E-state index is 14.4. The smallest absolute Gasteiger partial charge is 0.407 e. The predicted octanol–water partition coefficient (Wildman–Crippen LogP) is 5.07. The van der Waals surface area contributed by atoms with Crippen molar-refractivity contribution in [3.05, 3.63) is 35.9 Å². The number of piperidine rings is 1. The second kappa shape index (κ2) is 25.5. The first kappa shape index (κ1) is 45.9. The van der Waals surface area contributed by atoms with Crippen LogP contribution in [0.1, 0.15) is 103 Å². The highest BCUT2D eigenvalue weighted by molar-refractivity contribution is 5.84. The van der Waals surface area contributed by atoms with Crippen molar-refractivity contribution in [1.29, 1.82) is 0 Å². The highest BCUT2D eigenvalue weighted by Crippen LogP contribution is 2.29. The summed E-state index contributed by atoms with van der Waals surface area (Å²) in [7, 11) is 1.60. The molecular weight excluding hydrogens is 716 g/mol. The maximum Gasteiger partial charge on any atom is 0.407 e. The van der Waals surface area contributed by atoms with Crippen LogP contribution in [0.15, 0.2) is 30.3 Å². The van der Waals surface area contributed by atoms with Crippen molar-refractivity contribution in [3.8, 4) is 0 Å². The van der Waals surface area contributed by atoms with Crippen molar-refractivity contribution in [3.63, 3.8) is 0 Å². The first-order valence-electron chi connectivity index (χ1n) is 21.5. The van der Waals surface area contributed by atoms with Crippen LogP contribution in [0.25, 0.3) is 0 Å². The number of ether oxygens (including phenoxy) is 5. The van der Waals surface area contributed by atoms with Crippen molar-refractivity contribution >= 4 is 17.9 Å². The molecule has 0 aromatic heterocycles. The van der Waals surface area contributed by atoms with E-state index in [1.165, 1.54) is 6.42 Å². The third-order valence-corrected chi connectivity index (χ3v) is 11.6. The lowest BCUT2D eigenvalue weighted by Crippen LogP contribution is -2.53. The molecule has 13 nitrogen and oxygen atoms in total. The van der Waals surface area contributed by atoms with E-state index in [1.807, 2.05) is 49.1 Å². The quantitative estimate of drug-likeness (QED) is 0.128. The summed E-state index contributed by atoms with van der Waals surface area (Å²) in [6, 6.07) is 8.87. The fraction of sp³-hybridized carbons (Fsp3) is 0.791. The molecule has 1 aromatic rings. The van der Waals surface area contributed by atoms with Gasteiger partial charge in [-0.15, -0.1) is 0 Å². The van der Waals surface area contributed by atoms with Gasteiger partial charge in [-0.2, -0.15) is 0 Å². The Bertz CT molecular complexity index is 1250. The van der Waals surface area contributed by atoms with Gasteiger partial charge < -0.3 is 44.3 Å². The van der Waals surface area contributed by atoms with Gasteiger partial charge in [0.15, 0.2) is 0 Å². The van der Waals surface area contributed by atoms with Gasteiger partial charge in [0, 0.05) is 52.3 Å². The largest absolute Gasteiger partial charge is 0.448 e.